The highest BCUT2D eigenvalue weighted by Crippen LogP contribution is 2.26. The number of aromatic nitrogens is 3. The Hall–Kier alpha value is -3.67. The molecule has 4 rings (SSSR count). The van der Waals surface area contributed by atoms with Gasteiger partial charge >= 0.3 is 0 Å². The number of nitrogens with zero attached hydrogens (tertiary/aromatic N) is 3. The molecule has 31 heavy (non-hydrogen) atoms. The van der Waals surface area contributed by atoms with Gasteiger partial charge in [0.25, 0.3) is 0 Å². The van der Waals surface area contributed by atoms with Crippen LogP contribution in [0.25, 0.3) is 22.4 Å². The average Bonchev–Trinajstić information content (AvgIpc) is 3.17. The minimum atomic E-state index is -0.00130. The Balaban J connectivity index is 1.46. The molecule has 0 saturated heterocycles. The number of pyridine rings is 2. The summed E-state index contributed by atoms with van der Waals surface area (Å²) in [6, 6.07) is 19.7. The van der Waals surface area contributed by atoms with E-state index < -0.39 is 0 Å². The smallest absolute Gasteiger partial charge is 0.222 e. The fourth-order valence-corrected chi connectivity index (χ4v) is 3.85. The molecule has 0 saturated carbocycles. The Labute approximate surface area is 181 Å². The summed E-state index contributed by atoms with van der Waals surface area (Å²) in [6.45, 7) is 2.54. The molecule has 0 aliphatic heterocycles. The van der Waals surface area contributed by atoms with Gasteiger partial charge in [-0.15, -0.1) is 0 Å². The van der Waals surface area contributed by atoms with Gasteiger partial charge < -0.3 is 14.6 Å². The number of aryl methyl sites for hydroxylation is 1. The summed E-state index contributed by atoms with van der Waals surface area (Å²) < 4.78 is 7.49. The molecule has 0 unspecified atom stereocenters. The van der Waals surface area contributed by atoms with Gasteiger partial charge in [-0.3, -0.25) is 9.78 Å². The highest BCUT2D eigenvalue weighted by atomic mass is 16.5. The van der Waals surface area contributed by atoms with E-state index in [9.17, 15) is 4.79 Å². The van der Waals surface area contributed by atoms with E-state index in [4.69, 9.17) is 4.74 Å². The van der Waals surface area contributed by atoms with Crippen molar-refractivity contribution in [3.8, 4) is 17.1 Å². The Morgan fingerprint density at radius 2 is 1.87 bits per heavy atom. The number of benzene rings is 1. The Kier molecular flexibility index (Phi) is 6.26. The Morgan fingerprint density at radius 3 is 2.68 bits per heavy atom. The normalized spacial score (nSPS) is 11.9. The van der Waals surface area contributed by atoms with Crippen LogP contribution in [-0.2, 0) is 17.8 Å². The van der Waals surface area contributed by atoms with Crippen LogP contribution in [0.15, 0.2) is 73.1 Å². The van der Waals surface area contributed by atoms with E-state index in [0.29, 0.717) is 19.4 Å². The van der Waals surface area contributed by atoms with Gasteiger partial charge in [-0.25, -0.2) is 4.98 Å². The van der Waals surface area contributed by atoms with E-state index in [1.165, 1.54) is 0 Å². The quantitative estimate of drug-likeness (QED) is 0.468. The number of hydrogen-bond acceptors (Lipinski definition) is 4. The minimum absolute atomic E-state index is 0.00130. The number of para-hydroxylation sites is 1. The second-order valence-electron chi connectivity index (χ2n) is 7.55. The third-order valence-electron chi connectivity index (χ3n) is 5.27. The lowest BCUT2D eigenvalue weighted by Crippen LogP contribution is -2.34. The molecular formula is C25H26N4O2. The average molecular weight is 415 g/mol. The number of amides is 1. The topological polar surface area (TPSA) is 69.0 Å². The van der Waals surface area contributed by atoms with Crippen LogP contribution in [0, 0.1) is 0 Å². The van der Waals surface area contributed by atoms with Crippen molar-refractivity contribution in [1.82, 2.24) is 19.9 Å². The van der Waals surface area contributed by atoms with E-state index in [1.807, 2.05) is 61.5 Å². The zero-order chi connectivity index (χ0) is 21.6. The highest BCUT2D eigenvalue weighted by Gasteiger charge is 2.15. The molecule has 3 aromatic heterocycles. The van der Waals surface area contributed by atoms with E-state index >= 15 is 0 Å². The zero-order valence-corrected chi connectivity index (χ0v) is 17.8. The van der Waals surface area contributed by atoms with E-state index in [2.05, 4.69) is 25.9 Å². The van der Waals surface area contributed by atoms with Crippen LogP contribution in [0.5, 0.6) is 5.75 Å². The number of hydrogen-bond donors (Lipinski definition) is 1. The second-order valence-corrected chi connectivity index (χ2v) is 7.55. The third-order valence-corrected chi connectivity index (χ3v) is 5.27. The molecule has 6 heteroatoms. The summed E-state index contributed by atoms with van der Waals surface area (Å²) in [7, 11) is 1.66. The lowest BCUT2D eigenvalue weighted by molar-refractivity contribution is -0.121. The first-order valence-electron chi connectivity index (χ1n) is 10.4. The van der Waals surface area contributed by atoms with Crippen LogP contribution in [0.4, 0.5) is 0 Å². The second kappa shape index (κ2) is 9.43. The molecular weight excluding hydrogens is 388 g/mol. The molecule has 0 spiro atoms. The van der Waals surface area contributed by atoms with Gasteiger partial charge in [0.1, 0.15) is 11.4 Å². The Morgan fingerprint density at radius 1 is 1.06 bits per heavy atom. The fourth-order valence-electron chi connectivity index (χ4n) is 3.85. The maximum absolute atomic E-state index is 12.7. The molecule has 3 heterocycles. The molecule has 0 aliphatic rings. The van der Waals surface area contributed by atoms with Gasteiger partial charge in [0, 0.05) is 36.8 Å². The highest BCUT2D eigenvalue weighted by molar-refractivity contribution is 5.84. The summed E-state index contributed by atoms with van der Waals surface area (Å²) in [5.74, 6) is 0.848. The number of carbonyl (C=O) groups is 1. The predicted molar refractivity (Wildman–Crippen MR) is 122 cm³/mol. The van der Waals surface area contributed by atoms with Crippen molar-refractivity contribution >= 4 is 16.9 Å². The summed E-state index contributed by atoms with van der Waals surface area (Å²) in [4.78, 5) is 21.7. The first-order chi connectivity index (χ1) is 15.2. The molecule has 0 fully saturated rings. The maximum Gasteiger partial charge on any atom is 0.222 e. The van der Waals surface area contributed by atoms with Crippen LogP contribution in [0.3, 0.4) is 0 Å². The molecule has 1 amide bonds. The van der Waals surface area contributed by atoms with Gasteiger partial charge in [0.2, 0.25) is 5.91 Å². The summed E-state index contributed by atoms with van der Waals surface area (Å²) in [6.07, 6.45) is 4.62. The van der Waals surface area contributed by atoms with Crippen molar-refractivity contribution in [3.63, 3.8) is 0 Å². The molecule has 0 bridgehead atoms. The van der Waals surface area contributed by atoms with Crippen LogP contribution in [-0.4, -0.2) is 33.6 Å². The molecule has 1 N–H and O–H groups in total. The summed E-state index contributed by atoms with van der Waals surface area (Å²) in [5, 5.41) is 4.14. The van der Waals surface area contributed by atoms with Crippen molar-refractivity contribution in [2.75, 3.05) is 7.11 Å². The number of nitrogens with one attached hydrogen (secondary N) is 1. The molecule has 0 aliphatic carbocycles. The van der Waals surface area contributed by atoms with Crippen LogP contribution in [0.2, 0.25) is 0 Å². The maximum atomic E-state index is 12.7. The minimum Gasteiger partial charge on any atom is -0.496 e. The van der Waals surface area contributed by atoms with Gasteiger partial charge in [-0.05, 0) is 55.3 Å². The lowest BCUT2D eigenvalue weighted by atomic mass is 10.1. The van der Waals surface area contributed by atoms with E-state index in [-0.39, 0.29) is 11.9 Å². The third kappa shape index (κ3) is 4.74. The van der Waals surface area contributed by atoms with Gasteiger partial charge in [-0.2, -0.15) is 0 Å². The Bertz CT molecular complexity index is 1170. The van der Waals surface area contributed by atoms with Crippen molar-refractivity contribution in [2.24, 2.45) is 0 Å². The number of methoxy groups -OCH3 is 1. The predicted octanol–water partition coefficient (Wildman–Crippen LogP) is 4.24. The number of ether oxygens (including phenoxy) is 1. The van der Waals surface area contributed by atoms with Crippen LogP contribution in [0.1, 0.15) is 18.9 Å². The first kappa shape index (κ1) is 20.6. The first-order valence-corrected chi connectivity index (χ1v) is 10.4. The van der Waals surface area contributed by atoms with Gasteiger partial charge in [-0.1, -0.05) is 24.3 Å². The molecule has 4 aromatic rings. The molecule has 1 aromatic carbocycles. The van der Waals surface area contributed by atoms with Gasteiger partial charge in [0.15, 0.2) is 0 Å². The number of fused-ring (bicyclic) bond motifs is 1. The zero-order valence-electron chi connectivity index (χ0n) is 17.8. The fraction of sp³-hybridized carbons (Fsp3) is 0.240. The summed E-state index contributed by atoms with van der Waals surface area (Å²) in [5.41, 5.74) is 3.77. The summed E-state index contributed by atoms with van der Waals surface area (Å²) >= 11 is 0. The van der Waals surface area contributed by atoms with Crippen molar-refractivity contribution in [2.45, 2.75) is 32.4 Å². The number of carbonyl (C=O) groups excluding carboxylic acids is 1. The van der Waals surface area contributed by atoms with Crippen LogP contribution < -0.4 is 10.1 Å². The monoisotopic (exact) mass is 414 g/mol. The van der Waals surface area contributed by atoms with E-state index in [0.717, 1.165) is 33.7 Å². The molecule has 158 valence electrons. The van der Waals surface area contributed by atoms with Crippen molar-refractivity contribution < 1.29 is 9.53 Å². The van der Waals surface area contributed by atoms with Crippen molar-refractivity contribution in [1.29, 1.82) is 0 Å². The SMILES string of the molecule is COc1ccccc1C[C@@H](C)NC(=O)CCn1c(-c2ccccn2)cc2cccnc21. The molecule has 0 radical (unpaired) electrons. The standard InChI is InChI=1S/C25H26N4O2/c1-18(16-19-8-3-4-11-23(19)31-2)28-24(30)12-15-29-22(21-10-5-6-13-26-21)17-20-9-7-14-27-25(20)29/h3-11,13-14,17-18H,12,15-16H2,1-2H3,(H,28,30)/t18-/m1/s1. The number of rotatable bonds is 8. The van der Waals surface area contributed by atoms with Gasteiger partial charge in [0.05, 0.1) is 18.5 Å². The largest absolute Gasteiger partial charge is 0.496 e. The van der Waals surface area contributed by atoms with E-state index in [1.54, 1.807) is 19.5 Å². The lowest BCUT2D eigenvalue weighted by Gasteiger charge is -2.16. The molecule has 6 nitrogen and oxygen atoms in total. The van der Waals surface area contributed by atoms with Crippen molar-refractivity contribution in [3.05, 3.63) is 78.6 Å². The molecule has 1 atom stereocenters. The van der Waals surface area contributed by atoms with Crippen LogP contribution >= 0.6 is 0 Å².